The molecule has 0 amide bonds. The number of nitrogens with zero attached hydrogens (tertiary/aromatic N) is 2. The van der Waals surface area contributed by atoms with Gasteiger partial charge in [-0.25, -0.2) is 0 Å². The van der Waals surface area contributed by atoms with Crippen LogP contribution >= 0.6 is 28.3 Å². The zero-order chi connectivity index (χ0) is 15.3. The van der Waals surface area contributed by atoms with Crippen LogP contribution < -0.4 is 11.3 Å². The van der Waals surface area contributed by atoms with E-state index < -0.39 is 5.54 Å². The minimum atomic E-state index is -0.487. The molecule has 0 spiro atoms. The molecule has 1 saturated carbocycles. The van der Waals surface area contributed by atoms with E-state index >= 15 is 0 Å². The normalized spacial score (nSPS) is 15.9. The van der Waals surface area contributed by atoms with Crippen molar-refractivity contribution in [3.8, 4) is 11.5 Å². The number of nitrogens with two attached hydrogens (primary N) is 1. The smallest absolute Gasteiger partial charge is 0.258 e. The number of benzene rings is 1. The van der Waals surface area contributed by atoms with Gasteiger partial charge in [-0.05, 0) is 41.3 Å². The lowest BCUT2D eigenvalue weighted by atomic mass is 9.77. The van der Waals surface area contributed by atoms with E-state index in [1.165, 1.54) is 6.07 Å². The largest absolute Gasteiger partial charge is 0.334 e. The van der Waals surface area contributed by atoms with Gasteiger partial charge < -0.3 is 15.2 Å². The molecule has 3 N–H and O–H groups in total. The average molecular weight is 398 g/mol. The van der Waals surface area contributed by atoms with Gasteiger partial charge >= 0.3 is 0 Å². The topological polar surface area (TPSA) is 97.8 Å². The van der Waals surface area contributed by atoms with Crippen molar-refractivity contribution in [3.05, 3.63) is 44.9 Å². The van der Waals surface area contributed by atoms with Gasteiger partial charge in [0.25, 0.3) is 5.89 Å². The minimum Gasteiger partial charge on any atom is -0.334 e. The van der Waals surface area contributed by atoms with Crippen molar-refractivity contribution in [3.63, 3.8) is 0 Å². The fraction of sp³-hybridized carbons (Fsp3) is 0.267. The van der Waals surface area contributed by atoms with Gasteiger partial charge in [-0.2, -0.15) is 4.98 Å². The molecule has 6 nitrogen and oxygen atoms in total. The number of H-pyrrole nitrogens is 1. The Morgan fingerprint density at radius 1 is 1.35 bits per heavy atom. The molecule has 0 saturated heterocycles. The van der Waals surface area contributed by atoms with Gasteiger partial charge in [0.1, 0.15) is 0 Å². The summed E-state index contributed by atoms with van der Waals surface area (Å²) in [7, 11) is 0. The zero-order valence-corrected chi connectivity index (χ0v) is 14.4. The van der Waals surface area contributed by atoms with Crippen LogP contribution in [0, 0.1) is 0 Å². The fourth-order valence-electron chi connectivity index (χ4n) is 2.74. The Morgan fingerprint density at radius 3 is 2.83 bits per heavy atom. The maximum absolute atomic E-state index is 11.9. The first-order chi connectivity index (χ1) is 10.6. The zero-order valence-electron chi connectivity index (χ0n) is 12.0. The standard InChI is InChI=1S/C15H13BrN4O2.ClH/c16-10-4-1-3-8-9(7-11(21)18-12(8)10)13-19-14(20-22-13)15(17)5-2-6-15;/h1,3-4,7H,2,5-6,17H2,(H,18,21);1H. The van der Waals surface area contributed by atoms with Crippen molar-refractivity contribution in [2.75, 3.05) is 0 Å². The number of pyridine rings is 1. The molecule has 23 heavy (non-hydrogen) atoms. The molecule has 0 unspecified atom stereocenters. The van der Waals surface area contributed by atoms with Gasteiger partial charge in [-0.15, -0.1) is 12.4 Å². The van der Waals surface area contributed by atoms with Crippen LogP contribution in [0.5, 0.6) is 0 Å². The number of para-hydroxylation sites is 1. The molecule has 2 aromatic heterocycles. The summed E-state index contributed by atoms with van der Waals surface area (Å²) in [6, 6.07) is 7.12. The number of halogens is 2. The molecule has 1 aliphatic rings. The van der Waals surface area contributed by atoms with Crippen LogP contribution in [0.2, 0.25) is 0 Å². The van der Waals surface area contributed by atoms with Crippen LogP contribution in [-0.4, -0.2) is 15.1 Å². The Morgan fingerprint density at radius 2 is 2.13 bits per heavy atom. The molecular formula is C15H14BrClN4O2. The molecule has 1 fully saturated rings. The Labute approximate surface area is 146 Å². The van der Waals surface area contributed by atoms with Crippen molar-refractivity contribution in [2.45, 2.75) is 24.8 Å². The molecule has 0 bridgehead atoms. The maximum Gasteiger partial charge on any atom is 0.258 e. The lowest BCUT2D eigenvalue weighted by Gasteiger charge is -2.34. The maximum atomic E-state index is 11.9. The van der Waals surface area contributed by atoms with E-state index in [-0.39, 0.29) is 18.0 Å². The average Bonchev–Trinajstić information content (AvgIpc) is 2.95. The van der Waals surface area contributed by atoms with E-state index in [9.17, 15) is 4.79 Å². The monoisotopic (exact) mass is 396 g/mol. The van der Waals surface area contributed by atoms with Crippen molar-refractivity contribution in [1.82, 2.24) is 15.1 Å². The lowest BCUT2D eigenvalue weighted by Crippen LogP contribution is -2.44. The van der Waals surface area contributed by atoms with E-state index in [4.69, 9.17) is 10.3 Å². The minimum absolute atomic E-state index is 0. The molecular weight excluding hydrogens is 384 g/mol. The third kappa shape index (κ3) is 2.58. The number of hydrogen-bond acceptors (Lipinski definition) is 5. The molecule has 0 atom stereocenters. The summed E-state index contributed by atoms with van der Waals surface area (Å²) in [6.45, 7) is 0. The van der Waals surface area contributed by atoms with Gasteiger partial charge in [0.15, 0.2) is 5.82 Å². The Balaban J connectivity index is 0.00000156. The molecule has 1 aliphatic carbocycles. The van der Waals surface area contributed by atoms with Gasteiger partial charge in [-0.1, -0.05) is 17.3 Å². The Kier molecular flexibility index (Phi) is 4.03. The first kappa shape index (κ1) is 16.2. The third-order valence-corrected chi connectivity index (χ3v) is 4.84. The highest BCUT2D eigenvalue weighted by atomic mass is 79.9. The van der Waals surface area contributed by atoms with Gasteiger partial charge in [0.2, 0.25) is 5.56 Å². The van der Waals surface area contributed by atoms with E-state index in [0.717, 1.165) is 29.1 Å². The summed E-state index contributed by atoms with van der Waals surface area (Å²) < 4.78 is 6.17. The molecule has 120 valence electrons. The molecule has 0 radical (unpaired) electrons. The van der Waals surface area contributed by atoms with Crippen LogP contribution in [-0.2, 0) is 5.54 Å². The number of rotatable bonds is 2. The highest BCUT2D eigenvalue weighted by Crippen LogP contribution is 2.38. The molecule has 1 aromatic carbocycles. The van der Waals surface area contributed by atoms with Crippen LogP contribution in [0.25, 0.3) is 22.4 Å². The quantitative estimate of drug-likeness (QED) is 0.692. The first-order valence-corrected chi connectivity index (χ1v) is 7.81. The van der Waals surface area contributed by atoms with Crippen LogP contribution in [0.3, 0.4) is 0 Å². The van der Waals surface area contributed by atoms with Crippen molar-refractivity contribution in [1.29, 1.82) is 0 Å². The third-order valence-electron chi connectivity index (χ3n) is 4.17. The van der Waals surface area contributed by atoms with E-state index in [2.05, 4.69) is 31.1 Å². The number of aromatic nitrogens is 3. The predicted octanol–water partition coefficient (Wildman–Crippen LogP) is 3.10. The second-order valence-corrected chi connectivity index (χ2v) is 6.50. The van der Waals surface area contributed by atoms with E-state index in [0.29, 0.717) is 22.8 Å². The second-order valence-electron chi connectivity index (χ2n) is 5.64. The van der Waals surface area contributed by atoms with Crippen LogP contribution in [0.1, 0.15) is 25.1 Å². The summed E-state index contributed by atoms with van der Waals surface area (Å²) in [5, 5.41) is 4.85. The molecule has 0 aliphatic heterocycles. The van der Waals surface area contributed by atoms with Crippen LogP contribution in [0.15, 0.2) is 38.1 Å². The Bertz CT molecular complexity index is 933. The Hall–Kier alpha value is -1.70. The van der Waals surface area contributed by atoms with Crippen molar-refractivity contribution in [2.24, 2.45) is 5.73 Å². The van der Waals surface area contributed by atoms with Crippen molar-refractivity contribution >= 4 is 39.2 Å². The predicted molar refractivity (Wildman–Crippen MR) is 92.5 cm³/mol. The molecule has 8 heteroatoms. The molecule has 3 aromatic rings. The second kappa shape index (κ2) is 5.74. The van der Waals surface area contributed by atoms with Crippen LogP contribution in [0.4, 0.5) is 0 Å². The first-order valence-electron chi connectivity index (χ1n) is 7.02. The summed E-state index contributed by atoms with van der Waals surface area (Å²) in [4.78, 5) is 19.1. The lowest BCUT2D eigenvalue weighted by molar-refractivity contribution is 0.229. The van der Waals surface area contributed by atoms with Gasteiger partial charge in [0.05, 0.1) is 16.6 Å². The summed E-state index contributed by atoms with van der Waals surface area (Å²) >= 11 is 3.44. The summed E-state index contributed by atoms with van der Waals surface area (Å²) in [6.07, 6.45) is 2.78. The van der Waals surface area contributed by atoms with E-state index in [1.54, 1.807) is 0 Å². The number of fused-ring (bicyclic) bond motifs is 1. The SMILES string of the molecule is Cl.NC1(c2noc(-c3cc(=O)[nH]c4c(Br)cccc34)n2)CCC1. The molecule has 2 heterocycles. The van der Waals surface area contributed by atoms with Gasteiger partial charge in [0, 0.05) is 15.9 Å². The number of nitrogens with one attached hydrogen (secondary N) is 1. The van der Waals surface area contributed by atoms with E-state index in [1.807, 2.05) is 18.2 Å². The summed E-state index contributed by atoms with van der Waals surface area (Å²) in [5.41, 5.74) is 6.83. The number of aromatic amines is 1. The molecule has 4 rings (SSSR count). The highest BCUT2D eigenvalue weighted by Gasteiger charge is 2.39. The van der Waals surface area contributed by atoms with Gasteiger partial charge in [-0.3, -0.25) is 4.79 Å². The summed E-state index contributed by atoms with van der Waals surface area (Å²) in [5.74, 6) is 0.832. The fourth-order valence-corrected chi connectivity index (χ4v) is 3.20. The highest BCUT2D eigenvalue weighted by molar-refractivity contribution is 9.10. The number of hydrogen-bond donors (Lipinski definition) is 2. The van der Waals surface area contributed by atoms with Crippen molar-refractivity contribution < 1.29 is 4.52 Å².